The largest absolute Gasteiger partial charge is 0.255 e. The second kappa shape index (κ2) is 4.14. The van der Waals surface area contributed by atoms with E-state index in [1.54, 1.807) is 0 Å². The first-order valence-electron chi connectivity index (χ1n) is 7.08. The first-order chi connectivity index (χ1) is 9.74. The highest BCUT2D eigenvalue weighted by Gasteiger charge is 2.17. The van der Waals surface area contributed by atoms with E-state index in [0.717, 1.165) is 29.9 Å². The van der Waals surface area contributed by atoms with Crippen molar-refractivity contribution in [3.8, 4) is 11.3 Å². The lowest BCUT2D eigenvalue weighted by molar-refractivity contribution is 1.02. The van der Waals surface area contributed by atoms with Gasteiger partial charge in [0.25, 0.3) is 0 Å². The van der Waals surface area contributed by atoms with Crippen LogP contribution in [0, 0.1) is 13.8 Å². The van der Waals surface area contributed by atoms with E-state index in [2.05, 4.69) is 40.3 Å². The van der Waals surface area contributed by atoms with Gasteiger partial charge in [0.2, 0.25) is 0 Å². The van der Waals surface area contributed by atoms with Crippen LogP contribution in [0.2, 0.25) is 0 Å². The molecular formula is C18H16N2. The average Bonchev–Trinajstić information content (AvgIpc) is 2.86. The Morgan fingerprint density at radius 3 is 2.55 bits per heavy atom. The summed E-state index contributed by atoms with van der Waals surface area (Å²) in [4.78, 5) is 9.17. The lowest BCUT2D eigenvalue weighted by Gasteiger charge is -2.10. The molecule has 3 aromatic rings. The van der Waals surface area contributed by atoms with Gasteiger partial charge in [0, 0.05) is 11.8 Å². The molecule has 0 atom stereocenters. The smallest absolute Gasteiger partial charge is 0.0920 e. The van der Waals surface area contributed by atoms with E-state index in [0.29, 0.717) is 0 Å². The molecule has 0 saturated carbocycles. The number of benzene rings is 2. The zero-order chi connectivity index (χ0) is 13.7. The fourth-order valence-corrected chi connectivity index (χ4v) is 3.32. The molecule has 1 heterocycles. The standard InChI is InChI=1S/C18H16N2/c1-11-10-19-18(12(2)20-11)16-9-8-14-7-6-13-4-3-5-15(16)17(13)14/h3-5,8-10H,6-7H2,1-2H3. The number of hydrogen-bond acceptors (Lipinski definition) is 2. The molecule has 0 spiro atoms. The van der Waals surface area contributed by atoms with Gasteiger partial charge in [-0.1, -0.05) is 30.3 Å². The first kappa shape index (κ1) is 11.6. The predicted molar refractivity (Wildman–Crippen MR) is 81.9 cm³/mol. The molecule has 0 aliphatic heterocycles. The normalized spacial score (nSPS) is 13.1. The Labute approximate surface area is 118 Å². The highest BCUT2D eigenvalue weighted by molar-refractivity contribution is 6.01. The molecule has 0 amide bonds. The van der Waals surface area contributed by atoms with Gasteiger partial charge < -0.3 is 0 Å². The molecule has 0 N–H and O–H groups in total. The minimum atomic E-state index is 0.970. The summed E-state index contributed by atoms with van der Waals surface area (Å²) < 4.78 is 0. The number of aromatic nitrogens is 2. The van der Waals surface area contributed by atoms with E-state index >= 15 is 0 Å². The second-order valence-corrected chi connectivity index (χ2v) is 5.56. The van der Waals surface area contributed by atoms with E-state index in [-0.39, 0.29) is 0 Å². The molecule has 98 valence electrons. The fraction of sp³-hybridized carbons (Fsp3) is 0.222. The van der Waals surface area contributed by atoms with Crippen molar-refractivity contribution < 1.29 is 0 Å². The quantitative estimate of drug-likeness (QED) is 0.660. The van der Waals surface area contributed by atoms with Gasteiger partial charge in [0.15, 0.2) is 0 Å². The second-order valence-electron chi connectivity index (χ2n) is 5.56. The summed E-state index contributed by atoms with van der Waals surface area (Å²) >= 11 is 0. The monoisotopic (exact) mass is 260 g/mol. The van der Waals surface area contributed by atoms with Crippen molar-refractivity contribution in [3.05, 3.63) is 59.0 Å². The van der Waals surface area contributed by atoms with Crippen LogP contribution < -0.4 is 0 Å². The van der Waals surface area contributed by atoms with Crippen molar-refractivity contribution >= 4 is 10.8 Å². The van der Waals surface area contributed by atoms with E-state index in [9.17, 15) is 0 Å². The van der Waals surface area contributed by atoms with E-state index in [1.807, 2.05) is 20.0 Å². The molecule has 1 aromatic heterocycles. The zero-order valence-corrected chi connectivity index (χ0v) is 11.8. The Balaban J connectivity index is 2.06. The van der Waals surface area contributed by atoms with Crippen molar-refractivity contribution in [1.82, 2.24) is 9.97 Å². The molecule has 0 radical (unpaired) electrons. The molecule has 2 nitrogen and oxygen atoms in total. The summed E-state index contributed by atoms with van der Waals surface area (Å²) in [5.41, 5.74) is 7.12. The minimum Gasteiger partial charge on any atom is -0.255 e. The number of aryl methyl sites for hydroxylation is 4. The van der Waals surface area contributed by atoms with Gasteiger partial charge >= 0.3 is 0 Å². The summed E-state index contributed by atoms with van der Waals surface area (Å²) in [5.74, 6) is 0. The highest BCUT2D eigenvalue weighted by atomic mass is 14.8. The molecule has 2 heteroatoms. The van der Waals surface area contributed by atoms with Crippen LogP contribution >= 0.6 is 0 Å². The lowest BCUT2D eigenvalue weighted by Crippen LogP contribution is -1.95. The van der Waals surface area contributed by atoms with Gasteiger partial charge in [-0.3, -0.25) is 9.97 Å². The summed E-state index contributed by atoms with van der Waals surface area (Å²) in [7, 11) is 0. The van der Waals surface area contributed by atoms with Gasteiger partial charge in [0.05, 0.1) is 17.1 Å². The first-order valence-corrected chi connectivity index (χ1v) is 7.08. The number of hydrogen-bond donors (Lipinski definition) is 0. The molecule has 0 saturated heterocycles. The number of rotatable bonds is 1. The van der Waals surface area contributed by atoms with Crippen LogP contribution in [0.1, 0.15) is 22.5 Å². The van der Waals surface area contributed by atoms with Gasteiger partial charge in [-0.2, -0.15) is 0 Å². The molecule has 1 aliphatic rings. The van der Waals surface area contributed by atoms with Gasteiger partial charge in [-0.05, 0) is 48.6 Å². The van der Waals surface area contributed by atoms with Crippen molar-refractivity contribution in [1.29, 1.82) is 0 Å². The minimum absolute atomic E-state index is 0.970. The van der Waals surface area contributed by atoms with E-state index < -0.39 is 0 Å². The summed E-state index contributed by atoms with van der Waals surface area (Å²) in [6.45, 7) is 4.02. The van der Waals surface area contributed by atoms with Crippen LogP contribution in [-0.4, -0.2) is 9.97 Å². The summed E-state index contributed by atoms with van der Waals surface area (Å²) in [6, 6.07) is 11.1. The Morgan fingerprint density at radius 1 is 0.950 bits per heavy atom. The van der Waals surface area contributed by atoms with E-state index in [4.69, 9.17) is 0 Å². The van der Waals surface area contributed by atoms with Crippen molar-refractivity contribution in [3.63, 3.8) is 0 Å². The van der Waals surface area contributed by atoms with Gasteiger partial charge in [0.1, 0.15) is 0 Å². The molecule has 1 aliphatic carbocycles. The maximum atomic E-state index is 4.62. The van der Waals surface area contributed by atoms with Crippen LogP contribution in [0.25, 0.3) is 22.0 Å². The summed E-state index contributed by atoms with van der Waals surface area (Å²) in [5, 5.41) is 2.76. The molecule has 0 fully saturated rings. The Kier molecular flexibility index (Phi) is 2.40. The zero-order valence-electron chi connectivity index (χ0n) is 11.8. The van der Waals surface area contributed by atoms with Crippen LogP contribution in [0.15, 0.2) is 36.5 Å². The van der Waals surface area contributed by atoms with Crippen LogP contribution in [0.5, 0.6) is 0 Å². The Bertz CT molecular complexity index is 824. The van der Waals surface area contributed by atoms with Crippen molar-refractivity contribution in [2.24, 2.45) is 0 Å². The number of nitrogens with zero attached hydrogens (tertiary/aromatic N) is 2. The molecule has 20 heavy (non-hydrogen) atoms. The van der Waals surface area contributed by atoms with Gasteiger partial charge in [-0.15, -0.1) is 0 Å². The van der Waals surface area contributed by atoms with Crippen LogP contribution in [0.4, 0.5) is 0 Å². The average molecular weight is 260 g/mol. The third-order valence-corrected chi connectivity index (χ3v) is 4.20. The van der Waals surface area contributed by atoms with E-state index in [1.165, 1.54) is 27.5 Å². The molecular weight excluding hydrogens is 244 g/mol. The topological polar surface area (TPSA) is 25.8 Å². The van der Waals surface area contributed by atoms with Crippen molar-refractivity contribution in [2.45, 2.75) is 26.7 Å². The van der Waals surface area contributed by atoms with Crippen LogP contribution in [0.3, 0.4) is 0 Å². The molecule has 0 unspecified atom stereocenters. The summed E-state index contributed by atoms with van der Waals surface area (Å²) in [6.07, 6.45) is 4.18. The Hall–Kier alpha value is -2.22. The van der Waals surface area contributed by atoms with Crippen molar-refractivity contribution in [2.75, 3.05) is 0 Å². The molecule has 0 bridgehead atoms. The highest BCUT2D eigenvalue weighted by Crippen LogP contribution is 2.36. The third-order valence-electron chi connectivity index (χ3n) is 4.20. The maximum absolute atomic E-state index is 4.62. The SMILES string of the molecule is Cc1cnc(-c2ccc3c4c(cccc24)CC3)c(C)n1. The van der Waals surface area contributed by atoms with Crippen LogP contribution in [-0.2, 0) is 12.8 Å². The van der Waals surface area contributed by atoms with Gasteiger partial charge in [-0.25, -0.2) is 0 Å². The third kappa shape index (κ3) is 1.58. The Morgan fingerprint density at radius 2 is 1.75 bits per heavy atom. The maximum Gasteiger partial charge on any atom is 0.0920 e. The predicted octanol–water partition coefficient (Wildman–Crippen LogP) is 4.01. The molecule has 4 rings (SSSR count). The lowest BCUT2D eigenvalue weighted by atomic mass is 9.97. The molecule has 2 aromatic carbocycles. The fourth-order valence-electron chi connectivity index (χ4n) is 3.32.